The third-order valence-corrected chi connectivity index (χ3v) is 9.21. The van der Waals surface area contributed by atoms with Gasteiger partial charge in [-0.1, -0.05) is 26.7 Å². The van der Waals surface area contributed by atoms with Crippen LogP contribution >= 0.6 is 0 Å². The molecule has 0 aromatic heterocycles. The van der Waals surface area contributed by atoms with Crippen LogP contribution in [0.3, 0.4) is 0 Å². The van der Waals surface area contributed by atoms with Gasteiger partial charge in [0.1, 0.15) is 0 Å². The van der Waals surface area contributed by atoms with Crippen LogP contribution in [0.15, 0.2) is 0 Å². The van der Waals surface area contributed by atoms with E-state index in [2.05, 4.69) is 19.2 Å². The lowest BCUT2D eigenvalue weighted by atomic mass is 9.78. The Morgan fingerprint density at radius 1 is 0.968 bits per heavy atom. The smallest absolute Gasteiger partial charge is 0.409 e. The van der Waals surface area contributed by atoms with Gasteiger partial charge in [-0.05, 0) is 38.0 Å². The lowest BCUT2D eigenvalue weighted by Gasteiger charge is -2.39. The van der Waals surface area contributed by atoms with Crippen molar-refractivity contribution in [3.63, 3.8) is 0 Å². The average molecular weight is 459 g/mol. The van der Waals surface area contributed by atoms with Crippen molar-refractivity contribution in [3.8, 4) is 0 Å². The maximum absolute atomic E-state index is 13.2. The number of hydrogen-bond donors (Lipinski definition) is 1. The fourth-order valence-corrected chi connectivity index (χ4v) is 6.61. The van der Waals surface area contributed by atoms with Crippen LogP contribution in [0.4, 0.5) is 4.79 Å². The summed E-state index contributed by atoms with van der Waals surface area (Å²) in [5.41, 5.74) is 0. The molecule has 0 unspecified atom stereocenters. The molecule has 0 aromatic carbocycles. The molecule has 1 aliphatic carbocycles. The zero-order chi connectivity index (χ0) is 22.6. The number of rotatable bonds is 5. The van der Waals surface area contributed by atoms with E-state index in [-0.39, 0.29) is 37.5 Å². The molecule has 0 spiro atoms. The minimum absolute atomic E-state index is 0.0158. The second-order valence-electron chi connectivity index (χ2n) is 9.17. The quantitative estimate of drug-likeness (QED) is 0.675. The fraction of sp³-hybridized carbons (Fsp3) is 0.905. The van der Waals surface area contributed by atoms with Gasteiger partial charge < -0.3 is 15.0 Å². The highest BCUT2D eigenvalue weighted by molar-refractivity contribution is 7.86. The summed E-state index contributed by atoms with van der Waals surface area (Å²) in [5.74, 6) is 0.708. The highest BCUT2D eigenvalue weighted by atomic mass is 32.2. The number of nitrogens with zero attached hydrogens (tertiary/aromatic N) is 3. The van der Waals surface area contributed by atoms with Gasteiger partial charge >= 0.3 is 6.09 Å². The molecule has 2 aliphatic heterocycles. The van der Waals surface area contributed by atoms with E-state index in [1.54, 1.807) is 6.92 Å². The molecule has 0 aromatic rings. The highest BCUT2D eigenvalue weighted by Gasteiger charge is 2.39. The number of carbonyl (C=O) groups is 2. The second kappa shape index (κ2) is 10.5. The molecular weight excluding hydrogens is 420 g/mol. The molecule has 3 fully saturated rings. The van der Waals surface area contributed by atoms with E-state index in [9.17, 15) is 18.0 Å². The Balaban J connectivity index is 1.55. The predicted molar refractivity (Wildman–Crippen MR) is 117 cm³/mol. The molecule has 2 heterocycles. The van der Waals surface area contributed by atoms with Crippen LogP contribution in [0, 0.1) is 17.8 Å². The van der Waals surface area contributed by atoms with Gasteiger partial charge in [0, 0.05) is 45.3 Å². The van der Waals surface area contributed by atoms with Gasteiger partial charge in [0.05, 0.1) is 12.5 Å². The summed E-state index contributed by atoms with van der Waals surface area (Å²) in [6, 6.07) is 0.180. The van der Waals surface area contributed by atoms with Crippen LogP contribution in [0.1, 0.15) is 52.9 Å². The van der Waals surface area contributed by atoms with Gasteiger partial charge in [-0.2, -0.15) is 17.0 Å². The van der Waals surface area contributed by atoms with Gasteiger partial charge in [0.2, 0.25) is 5.91 Å². The van der Waals surface area contributed by atoms with Gasteiger partial charge in [0.15, 0.2) is 0 Å². The van der Waals surface area contributed by atoms with E-state index in [4.69, 9.17) is 4.74 Å². The summed E-state index contributed by atoms with van der Waals surface area (Å²) in [6.07, 6.45) is 4.31. The van der Waals surface area contributed by atoms with Crippen molar-refractivity contribution in [1.29, 1.82) is 0 Å². The molecule has 178 valence electrons. The standard InChI is InChI=1S/C21H38N4O5S/c1-4-30-21(27)23-11-13-24(14-12-23)31(28,29)25-10-6-8-18(15-25)20(26)22-19-9-5-7-16(2)17(19)3/h16-19H,4-15H2,1-3H3,(H,22,26)/t16-,17+,18+,19-/m1/s1. The Kier molecular flexibility index (Phi) is 8.20. The average Bonchev–Trinajstić information content (AvgIpc) is 2.77. The van der Waals surface area contributed by atoms with Gasteiger partial charge in [0.25, 0.3) is 10.2 Å². The van der Waals surface area contributed by atoms with Crippen LogP contribution in [0.5, 0.6) is 0 Å². The topological polar surface area (TPSA) is 99.3 Å². The van der Waals surface area contributed by atoms with E-state index in [1.807, 2.05) is 0 Å². The first-order chi connectivity index (χ1) is 14.7. The van der Waals surface area contributed by atoms with E-state index < -0.39 is 16.3 Å². The normalized spacial score (nSPS) is 31.3. The van der Waals surface area contributed by atoms with Crippen LogP contribution in [0.25, 0.3) is 0 Å². The third kappa shape index (κ3) is 5.70. The number of amides is 2. The van der Waals surface area contributed by atoms with Crippen molar-refractivity contribution < 1.29 is 22.7 Å². The molecule has 9 nitrogen and oxygen atoms in total. The van der Waals surface area contributed by atoms with Crippen LogP contribution in [0.2, 0.25) is 0 Å². The minimum Gasteiger partial charge on any atom is -0.450 e. The molecule has 4 atom stereocenters. The number of nitrogens with one attached hydrogen (secondary N) is 1. The van der Waals surface area contributed by atoms with E-state index in [0.717, 1.165) is 12.8 Å². The van der Waals surface area contributed by atoms with Crippen molar-refractivity contribution in [2.45, 2.75) is 58.9 Å². The summed E-state index contributed by atoms with van der Waals surface area (Å²) in [7, 11) is -3.66. The summed E-state index contributed by atoms with van der Waals surface area (Å²) in [4.78, 5) is 26.3. The lowest BCUT2D eigenvalue weighted by molar-refractivity contribution is -0.127. The van der Waals surface area contributed by atoms with Crippen molar-refractivity contribution in [3.05, 3.63) is 0 Å². The molecule has 10 heteroatoms. The van der Waals surface area contributed by atoms with E-state index in [0.29, 0.717) is 50.9 Å². The third-order valence-electron chi connectivity index (χ3n) is 7.21. The first kappa shape index (κ1) is 24.3. The zero-order valence-corrected chi connectivity index (χ0v) is 19.9. The van der Waals surface area contributed by atoms with Gasteiger partial charge in [-0.15, -0.1) is 0 Å². The molecule has 1 saturated carbocycles. The number of piperazine rings is 1. The number of ether oxygens (including phenoxy) is 1. The first-order valence-corrected chi connectivity index (χ1v) is 13.1. The van der Waals surface area contributed by atoms with Crippen molar-refractivity contribution in [1.82, 2.24) is 18.8 Å². The molecule has 0 bridgehead atoms. The van der Waals surface area contributed by atoms with Crippen LogP contribution in [-0.4, -0.2) is 85.8 Å². The SMILES string of the molecule is CCOC(=O)N1CCN(S(=O)(=O)N2CCC[C@H](C(=O)N[C@@H]3CCC[C@@H](C)[C@@H]3C)C2)CC1. The number of hydrogen-bond acceptors (Lipinski definition) is 5. The highest BCUT2D eigenvalue weighted by Crippen LogP contribution is 2.30. The maximum atomic E-state index is 13.2. The van der Waals surface area contributed by atoms with Crippen molar-refractivity contribution in [2.75, 3.05) is 45.9 Å². The van der Waals surface area contributed by atoms with E-state index >= 15 is 0 Å². The van der Waals surface area contributed by atoms with Crippen molar-refractivity contribution >= 4 is 22.2 Å². The molecule has 0 radical (unpaired) electrons. The molecular formula is C21H38N4O5S. The van der Waals surface area contributed by atoms with Gasteiger partial charge in [-0.25, -0.2) is 4.79 Å². The first-order valence-electron chi connectivity index (χ1n) is 11.7. The fourth-order valence-electron chi connectivity index (χ4n) is 4.93. The van der Waals surface area contributed by atoms with Crippen molar-refractivity contribution in [2.24, 2.45) is 17.8 Å². The van der Waals surface area contributed by atoms with Crippen LogP contribution in [-0.2, 0) is 19.7 Å². The molecule has 2 saturated heterocycles. The monoisotopic (exact) mass is 458 g/mol. The zero-order valence-electron chi connectivity index (χ0n) is 19.1. The molecule has 3 aliphatic rings. The Hall–Kier alpha value is -1.39. The Morgan fingerprint density at radius 2 is 1.68 bits per heavy atom. The van der Waals surface area contributed by atoms with E-state index in [1.165, 1.54) is 19.9 Å². The molecule has 1 N–H and O–H groups in total. The largest absolute Gasteiger partial charge is 0.450 e. The predicted octanol–water partition coefficient (Wildman–Crippen LogP) is 1.66. The molecule has 2 amide bonds. The summed E-state index contributed by atoms with van der Waals surface area (Å²) in [5, 5.41) is 3.22. The lowest BCUT2D eigenvalue weighted by Crippen LogP contribution is -2.56. The summed E-state index contributed by atoms with van der Waals surface area (Å²) < 4.78 is 34.2. The van der Waals surface area contributed by atoms with Gasteiger partial charge in [-0.3, -0.25) is 4.79 Å². The summed E-state index contributed by atoms with van der Waals surface area (Å²) in [6.45, 7) is 8.25. The number of piperidine rings is 1. The Labute approximate surface area is 186 Å². The minimum atomic E-state index is -3.66. The Morgan fingerprint density at radius 3 is 2.35 bits per heavy atom. The molecule has 3 rings (SSSR count). The number of carbonyl (C=O) groups excluding carboxylic acids is 2. The summed E-state index contributed by atoms with van der Waals surface area (Å²) >= 11 is 0. The Bertz CT molecular complexity index is 738. The van der Waals surface area contributed by atoms with Crippen LogP contribution < -0.4 is 5.32 Å². The second-order valence-corrected chi connectivity index (χ2v) is 11.1. The maximum Gasteiger partial charge on any atom is 0.409 e. The molecule has 31 heavy (non-hydrogen) atoms.